The van der Waals surface area contributed by atoms with Crippen LogP contribution < -0.4 is 10.4 Å². The van der Waals surface area contributed by atoms with Crippen molar-refractivity contribution in [1.82, 2.24) is 0 Å². The van der Waals surface area contributed by atoms with Crippen LogP contribution in [0.1, 0.15) is 46.5 Å². The lowest BCUT2D eigenvalue weighted by Crippen LogP contribution is -2.68. The van der Waals surface area contributed by atoms with Gasteiger partial charge in [0.1, 0.15) is 0 Å². The minimum absolute atomic E-state index is 0.00679. The van der Waals surface area contributed by atoms with Crippen LogP contribution in [0.4, 0.5) is 0 Å². The van der Waals surface area contributed by atoms with E-state index < -0.39 is 8.32 Å². The molecule has 0 saturated heterocycles. The highest BCUT2D eigenvalue weighted by molar-refractivity contribution is 6.99. The zero-order valence-corrected chi connectivity index (χ0v) is 17.3. The summed E-state index contributed by atoms with van der Waals surface area (Å²) in [6.07, 6.45) is 4.65. The van der Waals surface area contributed by atoms with Gasteiger partial charge in [0.15, 0.2) is 0 Å². The molecular formula is C23H32O2Si. The molecule has 1 aliphatic carbocycles. The van der Waals surface area contributed by atoms with Crippen molar-refractivity contribution >= 4 is 18.7 Å². The molecule has 0 aromatic heterocycles. The molecule has 2 nitrogen and oxygen atoms in total. The van der Waals surface area contributed by atoms with Gasteiger partial charge >= 0.3 is 0 Å². The van der Waals surface area contributed by atoms with Crippen LogP contribution in [0.2, 0.25) is 5.04 Å². The summed E-state index contributed by atoms with van der Waals surface area (Å²) in [5, 5.41) is 12.6. The monoisotopic (exact) mass is 368 g/mol. The number of hydrogen-bond donors (Lipinski definition) is 1. The Labute approximate surface area is 159 Å². The molecule has 0 bridgehead atoms. The first-order valence-electron chi connectivity index (χ1n) is 9.89. The van der Waals surface area contributed by atoms with Gasteiger partial charge in [0, 0.05) is 12.5 Å². The van der Waals surface area contributed by atoms with Crippen molar-refractivity contribution in [2.45, 2.75) is 57.6 Å². The molecule has 26 heavy (non-hydrogen) atoms. The summed E-state index contributed by atoms with van der Waals surface area (Å²) < 4.78 is 7.20. The summed E-state index contributed by atoms with van der Waals surface area (Å²) >= 11 is 0. The molecule has 0 aliphatic heterocycles. The van der Waals surface area contributed by atoms with Crippen molar-refractivity contribution in [1.29, 1.82) is 0 Å². The first-order chi connectivity index (χ1) is 12.5. The van der Waals surface area contributed by atoms with Gasteiger partial charge in [-0.1, -0.05) is 94.3 Å². The molecule has 3 heteroatoms. The Hall–Kier alpha value is -1.42. The molecule has 0 amide bonds. The van der Waals surface area contributed by atoms with E-state index in [1.807, 2.05) is 0 Å². The van der Waals surface area contributed by atoms with E-state index in [0.29, 0.717) is 0 Å². The largest absolute Gasteiger partial charge is 0.404 e. The molecule has 2 aromatic rings. The molecule has 2 aromatic carbocycles. The van der Waals surface area contributed by atoms with Crippen LogP contribution in [-0.4, -0.2) is 26.1 Å². The number of hydrogen-bond acceptors (Lipinski definition) is 2. The second kappa shape index (κ2) is 8.08. The number of benzene rings is 2. The Balaban J connectivity index is 2.14. The third kappa shape index (κ3) is 3.66. The van der Waals surface area contributed by atoms with Gasteiger partial charge in [-0.25, -0.2) is 0 Å². The standard InChI is InChI=1S/C23H32O2Si/c1-23(2,3)26(20-13-6-4-7-14-20,21-15-8-5-9-16-21)25-22-17-11-10-12-19(22)18-24/h4-9,13-16,19,22,24H,10-12,17-18H2,1-3H3/t19-,22-/m0/s1. The van der Waals surface area contributed by atoms with E-state index in [9.17, 15) is 5.11 Å². The van der Waals surface area contributed by atoms with Crippen molar-refractivity contribution in [3.63, 3.8) is 0 Å². The summed E-state index contributed by atoms with van der Waals surface area (Å²) in [5.41, 5.74) is 0. The Morgan fingerprint density at radius 3 is 1.85 bits per heavy atom. The zero-order valence-electron chi connectivity index (χ0n) is 16.3. The highest BCUT2D eigenvalue weighted by Crippen LogP contribution is 2.40. The van der Waals surface area contributed by atoms with Gasteiger partial charge in [-0.15, -0.1) is 0 Å². The Morgan fingerprint density at radius 2 is 1.38 bits per heavy atom. The molecule has 3 rings (SSSR count). The summed E-state index contributed by atoms with van der Waals surface area (Å²) in [7, 11) is -2.51. The fourth-order valence-corrected chi connectivity index (χ4v) is 9.24. The highest BCUT2D eigenvalue weighted by atomic mass is 28.4. The van der Waals surface area contributed by atoms with Crippen LogP contribution in [0.3, 0.4) is 0 Å². The number of aliphatic hydroxyl groups is 1. The topological polar surface area (TPSA) is 29.5 Å². The second-order valence-corrected chi connectivity index (χ2v) is 12.8. The molecule has 1 fully saturated rings. The van der Waals surface area contributed by atoms with Crippen LogP contribution in [0.25, 0.3) is 0 Å². The predicted octanol–water partition coefficient (Wildman–Crippen LogP) is 4.11. The maximum atomic E-state index is 9.94. The summed E-state index contributed by atoms with van der Waals surface area (Å²) in [4.78, 5) is 0. The Kier molecular flexibility index (Phi) is 6.01. The first kappa shape index (κ1) is 19.3. The smallest absolute Gasteiger partial charge is 0.261 e. The Bertz CT molecular complexity index is 639. The van der Waals surface area contributed by atoms with Crippen molar-refractivity contribution < 1.29 is 9.53 Å². The van der Waals surface area contributed by atoms with E-state index >= 15 is 0 Å². The lowest BCUT2D eigenvalue weighted by atomic mass is 9.87. The van der Waals surface area contributed by atoms with E-state index in [0.717, 1.165) is 12.8 Å². The minimum Gasteiger partial charge on any atom is -0.404 e. The predicted molar refractivity (Wildman–Crippen MR) is 112 cm³/mol. The fourth-order valence-electron chi connectivity index (χ4n) is 4.46. The highest BCUT2D eigenvalue weighted by Gasteiger charge is 2.52. The van der Waals surface area contributed by atoms with E-state index in [2.05, 4.69) is 81.4 Å². The van der Waals surface area contributed by atoms with Crippen molar-refractivity contribution in [3.05, 3.63) is 60.7 Å². The van der Waals surface area contributed by atoms with Crippen LogP contribution in [-0.2, 0) is 4.43 Å². The van der Waals surface area contributed by atoms with Crippen molar-refractivity contribution in [3.8, 4) is 0 Å². The molecule has 1 aliphatic rings. The quantitative estimate of drug-likeness (QED) is 0.805. The molecule has 0 spiro atoms. The van der Waals surface area contributed by atoms with Gasteiger partial charge in [-0.2, -0.15) is 0 Å². The summed E-state index contributed by atoms with van der Waals surface area (Å²) in [6.45, 7) is 7.17. The Morgan fingerprint density at radius 1 is 0.885 bits per heavy atom. The van der Waals surface area contributed by atoms with Gasteiger partial charge in [-0.3, -0.25) is 0 Å². The lowest BCUT2D eigenvalue weighted by molar-refractivity contribution is 0.0469. The van der Waals surface area contributed by atoms with Crippen LogP contribution in [0.5, 0.6) is 0 Å². The van der Waals surface area contributed by atoms with Crippen molar-refractivity contribution in [2.75, 3.05) is 6.61 Å². The molecular weight excluding hydrogens is 336 g/mol. The molecule has 140 valence electrons. The van der Waals surface area contributed by atoms with Crippen molar-refractivity contribution in [2.24, 2.45) is 5.92 Å². The minimum atomic E-state index is -2.51. The zero-order chi connectivity index (χ0) is 18.6. The maximum absolute atomic E-state index is 9.94. The molecule has 0 heterocycles. The fraction of sp³-hybridized carbons (Fsp3) is 0.478. The average Bonchev–Trinajstić information content (AvgIpc) is 2.67. The third-order valence-corrected chi connectivity index (χ3v) is 10.9. The summed E-state index contributed by atoms with van der Waals surface area (Å²) in [5.74, 6) is 0.255. The second-order valence-electron chi connectivity index (χ2n) is 8.55. The van der Waals surface area contributed by atoms with E-state index in [1.165, 1.54) is 23.2 Å². The van der Waals surface area contributed by atoms with Gasteiger partial charge in [0.2, 0.25) is 0 Å². The normalized spacial score (nSPS) is 21.5. The average molecular weight is 369 g/mol. The van der Waals surface area contributed by atoms with Crippen LogP contribution in [0.15, 0.2) is 60.7 Å². The van der Waals surface area contributed by atoms with Crippen LogP contribution in [0, 0.1) is 5.92 Å². The SMILES string of the molecule is CC(C)(C)[Si](O[C@H]1CCCC[C@H]1CO)(c1ccccc1)c1ccccc1. The van der Waals surface area contributed by atoms with Crippen LogP contribution >= 0.6 is 0 Å². The van der Waals surface area contributed by atoms with Gasteiger partial charge < -0.3 is 9.53 Å². The number of aliphatic hydroxyl groups excluding tert-OH is 1. The lowest BCUT2D eigenvalue weighted by Gasteiger charge is -2.47. The molecule has 1 saturated carbocycles. The maximum Gasteiger partial charge on any atom is 0.261 e. The van der Waals surface area contributed by atoms with Gasteiger partial charge in [-0.05, 0) is 28.3 Å². The van der Waals surface area contributed by atoms with E-state index in [-0.39, 0.29) is 23.7 Å². The number of rotatable bonds is 5. The third-order valence-electron chi connectivity index (χ3n) is 5.82. The van der Waals surface area contributed by atoms with Gasteiger partial charge in [0.05, 0.1) is 6.10 Å². The molecule has 0 unspecified atom stereocenters. The molecule has 0 radical (unpaired) electrons. The summed E-state index contributed by atoms with van der Waals surface area (Å²) in [6, 6.07) is 21.6. The van der Waals surface area contributed by atoms with Gasteiger partial charge in [0.25, 0.3) is 8.32 Å². The molecule has 2 atom stereocenters. The van der Waals surface area contributed by atoms with E-state index in [1.54, 1.807) is 0 Å². The first-order valence-corrected chi connectivity index (χ1v) is 11.8. The van der Waals surface area contributed by atoms with E-state index in [4.69, 9.17) is 4.43 Å². The molecule has 1 N–H and O–H groups in total.